The van der Waals surface area contributed by atoms with Gasteiger partial charge in [-0.2, -0.15) is 0 Å². The van der Waals surface area contributed by atoms with E-state index in [1.807, 2.05) is 0 Å². The Kier molecular flexibility index (Phi) is 4.11. The highest BCUT2D eigenvalue weighted by Gasteiger charge is 2.29. The Labute approximate surface area is 87.1 Å². The van der Waals surface area contributed by atoms with Gasteiger partial charge in [-0.25, -0.2) is 0 Å². The van der Waals surface area contributed by atoms with Gasteiger partial charge in [-0.1, -0.05) is 13.8 Å². The SMILES string of the molecule is CC(C)CCC1(C)NC(C)CCS1. The van der Waals surface area contributed by atoms with E-state index in [4.69, 9.17) is 0 Å². The molecule has 0 spiro atoms. The Morgan fingerprint density at radius 3 is 2.77 bits per heavy atom. The lowest BCUT2D eigenvalue weighted by Crippen LogP contribution is -2.48. The molecule has 1 rings (SSSR count). The zero-order valence-corrected chi connectivity index (χ0v) is 10.2. The summed E-state index contributed by atoms with van der Waals surface area (Å²) in [4.78, 5) is 0.349. The maximum atomic E-state index is 3.71. The topological polar surface area (TPSA) is 12.0 Å². The van der Waals surface area contributed by atoms with Gasteiger partial charge in [0.15, 0.2) is 0 Å². The van der Waals surface area contributed by atoms with Crippen LogP contribution >= 0.6 is 11.8 Å². The van der Waals surface area contributed by atoms with Gasteiger partial charge in [-0.3, -0.25) is 0 Å². The van der Waals surface area contributed by atoms with Crippen molar-refractivity contribution >= 4 is 11.8 Å². The molecule has 0 aliphatic carbocycles. The van der Waals surface area contributed by atoms with Crippen molar-refractivity contribution < 1.29 is 0 Å². The van der Waals surface area contributed by atoms with Gasteiger partial charge < -0.3 is 5.32 Å². The van der Waals surface area contributed by atoms with E-state index >= 15 is 0 Å². The minimum atomic E-state index is 0.349. The molecule has 1 fully saturated rings. The van der Waals surface area contributed by atoms with Gasteiger partial charge in [0.1, 0.15) is 0 Å². The van der Waals surface area contributed by atoms with E-state index in [-0.39, 0.29) is 0 Å². The fourth-order valence-corrected chi connectivity index (χ4v) is 3.27. The highest BCUT2D eigenvalue weighted by molar-refractivity contribution is 8.00. The van der Waals surface area contributed by atoms with Crippen LogP contribution in [0.1, 0.15) is 47.0 Å². The van der Waals surface area contributed by atoms with E-state index in [0.29, 0.717) is 10.9 Å². The molecular weight excluding hydrogens is 178 g/mol. The van der Waals surface area contributed by atoms with Crippen LogP contribution in [0.4, 0.5) is 0 Å². The molecule has 78 valence electrons. The lowest BCUT2D eigenvalue weighted by molar-refractivity contribution is 0.364. The number of hydrogen-bond acceptors (Lipinski definition) is 2. The predicted octanol–water partition coefficient (Wildman–Crippen LogP) is 3.25. The molecule has 0 aromatic heterocycles. The third kappa shape index (κ3) is 3.90. The normalized spacial score (nSPS) is 35.3. The second-order valence-electron chi connectivity index (χ2n) is 4.85. The highest BCUT2D eigenvalue weighted by atomic mass is 32.2. The van der Waals surface area contributed by atoms with Crippen LogP contribution in [-0.4, -0.2) is 16.7 Å². The molecule has 1 aliphatic rings. The lowest BCUT2D eigenvalue weighted by Gasteiger charge is -2.38. The molecule has 0 bridgehead atoms. The Bertz CT molecular complexity index is 158. The summed E-state index contributed by atoms with van der Waals surface area (Å²) < 4.78 is 0. The largest absolute Gasteiger partial charge is 0.300 e. The number of thioether (sulfide) groups is 1. The van der Waals surface area contributed by atoms with Gasteiger partial charge >= 0.3 is 0 Å². The van der Waals surface area contributed by atoms with Gasteiger partial charge in [-0.15, -0.1) is 11.8 Å². The van der Waals surface area contributed by atoms with Gasteiger partial charge in [-0.05, 0) is 44.8 Å². The van der Waals surface area contributed by atoms with Crippen molar-refractivity contribution in [3.8, 4) is 0 Å². The fourth-order valence-electron chi connectivity index (χ4n) is 1.80. The summed E-state index contributed by atoms with van der Waals surface area (Å²) in [5, 5.41) is 3.71. The van der Waals surface area contributed by atoms with E-state index < -0.39 is 0 Å². The highest BCUT2D eigenvalue weighted by Crippen LogP contribution is 2.33. The first-order valence-electron chi connectivity index (χ1n) is 5.43. The molecule has 2 heteroatoms. The molecule has 0 amide bonds. The van der Waals surface area contributed by atoms with E-state index in [0.717, 1.165) is 5.92 Å². The number of hydrogen-bond donors (Lipinski definition) is 1. The average Bonchev–Trinajstić information content (AvgIpc) is 2.01. The fraction of sp³-hybridized carbons (Fsp3) is 1.00. The summed E-state index contributed by atoms with van der Waals surface area (Å²) in [5.41, 5.74) is 0. The molecule has 0 saturated carbocycles. The Morgan fingerprint density at radius 2 is 2.23 bits per heavy atom. The molecule has 1 saturated heterocycles. The summed E-state index contributed by atoms with van der Waals surface area (Å²) in [6, 6.07) is 0.707. The van der Waals surface area contributed by atoms with Crippen LogP contribution in [0.15, 0.2) is 0 Å². The van der Waals surface area contributed by atoms with E-state index in [2.05, 4.69) is 44.8 Å². The smallest absolute Gasteiger partial charge is 0.0618 e. The van der Waals surface area contributed by atoms with Crippen molar-refractivity contribution in [3.05, 3.63) is 0 Å². The predicted molar refractivity (Wildman–Crippen MR) is 62.1 cm³/mol. The molecule has 1 aliphatic heterocycles. The standard InChI is InChI=1S/C11H23NS/c1-9(2)5-7-11(4)12-10(3)6-8-13-11/h9-10,12H,5-8H2,1-4H3. The van der Waals surface area contributed by atoms with Crippen LogP contribution < -0.4 is 5.32 Å². The number of nitrogens with one attached hydrogen (secondary N) is 1. The van der Waals surface area contributed by atoms with E-state index in [1.54, 1.807) is 0 Å². The van der Waals surface area contributed by atoms with Gasteiger partial charge in [0.05, 0.1) is 4.87 Å². The van der Waals surface area contributed by atoms with Crippen molar-refractivity contribution in [1.82, 2.24) is 5.32 Å². The molecule has 1 heterocycles. The molecule has 2 atom stereocenters. The summed E-state index contributed by atoms with van der Waals surface area (Å²) in [5.74, 6) is 2.15. The molecular formula is C11H23NS. The van der Waals surface area contributed by atoms with Crippen molar-refractivity contribution in [1.29, 1.82) is 0 Å². The van der Waals surface area contributed by atoms with Gasteiger partial charge in [0, 0.05) is 6.04 Å². The Balaban J connectivity index is 2.35. The minimum Gasteiger partial charge on any atom is -0.300 e. The molecule has 0 radical (unpaired) electrons. The zero-order valence-electron chi connectivity index (χ0n) is 9.39. The summed E-state index contributed by atoms with van der Waals surface area (Å²) in [6.45, 7) is 9.27. The molecule has 1 nitrogen and oxygen atoms in total. The third-order valence-corrected chi connectivity index (χ3v) is 4.12. The molecule has 0 aromatic carbocycles. The first-order valence-corrected chi connectivity index (χ1v) is 6.42. The van der Waals surface area contributed by atoms with Crippen molar-refractivity contribution in [3.63, 3.8) is 0 Å². The van der Waals surface area contributed by atoms with Gasteiger partial charge in [0.2, 0.25) is 0 Å². The second-order valence-corrected chi connectivity index (χ2v) is 6.44. The van der Waals surface area contributed by atoms with Crippen LogP contribution in [0.5, 0.6) is 0 Å². The monoisotopic (exact) mass is 201 g/mol. The Hall–Kier alpha value is 0.310. The minimum absolute atomic E-state index is 0.349. The van der Waals surface area contributed by atoms with E-state index in [9.17, 15) is 0 Å². The van der Waals surface area contributed by atoms with Crippen LogP contribution in [0.25, 0.3) is 0 Å². The summed E-state index contributed by atoms with van der Waals surface area (Å²) in [7, 11) is 0. The van der Waals surface area contributed by atoms with Crippen molar-refractivity contribution in [2.75, 3.05) is 5.75 Å². The zero-order chi connectivity index (χ0) is 9.90. The average molecular weight is 201 g/mol. The first-order chi connectivity index (χ1) is 6.02. The number of rotatable bonds is 3. The molecule has 13 heavy (non-hydrogen) atoms. The summed E-state index contributed by atoms with van der Waals surface area (Å²) in [6.07, 6.45) is 3.96. The maximum absolute atomic E-state index is 3.71. The van der Waals surface area contributed by atoms with E-state index in [1.165, 1.54) is 25.0 Å². The summed E-state index contributed by atoms with van der Waals surface area (Å²) >= 11 is 2.10. The van der Waals surface area contributed by atoms with Crippen molar-refractivity contribution in [2.45, 2.75) is 57.9 Å². The van der Waals surface area contributed by atoms with Crippen LogP contribution in [0, 0.1) is 5.92 Å². The Morgan fingerprint density at radius 1 is 1.54 bits per heavy atom. The van der Waals surface area contributed by atoms with Crippen LogP contribution in [0.3, 0.4) is 0 Å². The van der Waals surface area contributed by atoms with Crippen molar-refractivity contribution in [2.24, 2.45) is 5.92 Å². The quantitative estimate of drug-likeness (QED) is 0.752. The lowest BCUT2D eigenvalue weighted by atomic mass is 10.0. The van der Waals surface area contributed by atoms with Crippen LogP contribution in [0.2, 0.25) is 0 Å². The molecule has 0 aromatic rings. The van der Waals surface area contributed by atoms with Crippen LogP contribution in [-0.2, 0) is 0 Å². The third-order valence-electron chi connectivity index (χ3n) is 2.72. The molecule has 2 unspecified atom stereocenters. The second kappa shape index (κ2) is 4.70. The molecule has 1 N–H and O–H groups in total. The maximum Gasteiger partial charge on any atom is 0.0618 e. The van der Waals surface area contributed by atoms with Gasteiger partial charge in [0.25, 0.3) is 0 Å². The first kappa shape index (κ1) is 11.4.